The molecule has 0 radical (unpaired) electrons. The van der Waals surface area contributed by atoms with Gasteiger partial charge >= 0.3 is 5.63 Å². The molecule has 3 heteroatoms. The Labute approximate surface area is 115 Å². The van der Waals surface area contributed by atoms with Crippen molar-refractivity contribution in [3.63, 3.8) is 0 Å². The molecule has 0 aliphatic heterocycles. The summed E-state index contributed by atoms with van der Waals surface area (Å²) in [4.78, 5) is 24.3. The molecule has 3 rings (SSSR count). The summed E-state index contributed by atoms with van der Waals surface area (Å²) in [7, 11) is 0. The molecule has 3 nitrogen and oxygen atoms in total. The largest absolute Gasteiger partial charge is 0.422 e. The van der Waals surface area contributed by atoms with E-state index in [1.54, 1.807) is 36.4 Å². The molecule has 0 saturated heterocycles. The molecule has 0 spiro atoms. The fourth-order valence-corrected chi connectivity index (χ4v) is 2.16. The third-order valence-electron chi connectivity index (χ3n) is 3.17. The van der Waals surface area contributed by atoms with E-state index >= 15 is 0 Å². The maximum absolute atomic E-state index is 12.4. The van der Waals surface area contributed by atoms with Crippen LogP contribution in [0.15, 0.2) is 63.8 Å². The molecule has 0 N–H and O–H groups in total. The van der Waals surface area contributed by atoms with E-state index in [1.807, 2.05) is 25.1 Å². The van der Waals surface area contributed by atoms with Crippen LogP contribution in [0.5, 0.6) is 0 Å². The van der Waals surface area contributed by atoms with E-state index in [-0.39, 0.29) is 11.3 Å². The Hall–Kier alpha value is -2.68. The second kappa shape index (κ2) is 4.78. The van der Waals surface area contributed by atoms with Crippen molar-refractivity contribution in [3.8, 4) is 0 Å². The third-order valence-corrected chi connectivity index (χ3v) is 3.17. The lowest BCUT2D eigenvalue weighted by atomic mass is 10.0. The molecule has 20 heavy (non-hydrogen) atoms. The normalized spacial score (nSPS) is 10.7. The second-order valence-electron chi connectivity index (χ2n) is 4.68. The topological polar surface area (TPSA) is 47.3 Å². The number of aryl methyl sites for hydroxylation is 1. The highest BCUT2D eigenvalue weighted by Crippen LogP contribution is 2.15. The van der Waals surface area contributed by atoms with Crippen LogP contribution in [-0.2, 0) is 0 Å². The molecule has 0 bridgehead atoms. The van der Waals surface area contributed by atoms with Crippen LogP contribution in [0.25, 0.3) is 11.0 Å². The van der Waals surface area contributed by atoms with Crippen LogP contribution in [0, 0.1) is 6.92 Å². The van der Waals surface area contributed by atoms with Gasteiger partial charge in [-0.1, -0.05) is 42.0 Å². The minimum absolute atomic E-state index is 0.0642. The van der Waals surface area contributed by atoms with Gasteiger partial charge < -0.3 is 4.42 Å². The second-order valence-corrected chi connectivity index (χ2v) is 4.68. The molecule has 2 aromatic carbocycles. The zero-order valence-electron chi connectivity index (χ0n) is 10.9. The number of rotatable bonds is 2. The molecule has 0 saturated carbocycles. The first-order chi connectivity index (χ1) is 9.65. The Balaban J connectivity index is 2.17. The molecular formula is C17H12O3. The smallest absolute Gasteiger partial charge is 0.347 e. The number of ketones is 1. The van der Waals surface area contributed by atoms with E-state index in [0.717, 1.165) is 10.9 Å². The molecule has 98 valence electrons. The van der Waals surface area contributed by atoms with Gasteiger partial charge in [0, 0.05) is 10.9 Å². The minimum Gasteiger partial charge on any atom is -0.422 e. The van der Waals surface area contributed by atoms with Crippen LogP contribution >= 0.6 is 0 Å². The van der Waals surface area contributed by atoms with Crippen LogP contribution in [-0.4, -0.2) is 5.78 Å². The summed E-state index contributed by atoms with van der Waals surface area (Å²) in [5, 5.41) is 0.739. The summed E-state index contributed by atoms with van der Waals surface area (Å²) >= 11 is 0. The number of hydrogen-bond donors (Lipinski definition) is 0. The fraction of sp³-hybridized carbons (Fsp3) is 0.0588. The van der Waals surface area contributed by atoms with E-state index < -0.39 is 5.63 Å². The van der Waals surface area contributed by atoms with E-state index in [1.165, 1.54) is 0 Å². The first kappa shape index (κ1) is 12.4. The monoisotopic (exact) mass is 264 g/mol. The maximum atomic E-state index is 12.4. The maximum Gasteiger partial charge on any atom is 0.347 e. The van der Waals surface area contributed by atoms with E-state index in [0.29, 0.717) is 11.1 Å². The van der Waals surface area contributed by atoms with Crippen molar-refractivity contribution in [3.05, 3.63) is 81.7 Å². The number of carbonyl (C=O) groups excluding carboxylic acids is 1. The summed E-state index contributed by atoms with van der Waals surface area (Å²) in [5.74, 6) is -0.312. The number of para-hydroxylation sites is 1. The van der Waals surface area contributed by atoms with Gasteiger partial charge in [-0.15, -0.1) is 0 Å². The standard InChI is InChI=1S/C17H12O3/c1-11-5-4-7-13(9-11)16(18)14-10-12-6-2-3-8-15(12)20-17(14)19/h2-10H,1H3. The average Bonchev–Trinajstić information content (AvgIpc) is 2.46. The number of carbonyl (C=O) groups is 1. The van der Waals surface area contributed by atoms with E-state index in [2.05, 4.69) is 0 Å². The van der Waals surface area contributed by atoms with Crippen molar-refractivity contribution in [2.75, 3.05) is 0 Å². The molecule has 0 aliphatic rings. The molecule has 3 aromatic rings. The first-order valence-electron chi connectivity index (χ1n) is 6.29. The van der Waals surface area contributed by atoms with Crippen LogP contribution in [0.3, 0.4) is 0 Å². The van der Waals surface area contributed by atoms with Crippen LogP contribution in [0.1, 0.15) is 21.5 Å². The summed E-state index contributed by atoms with van der Waals surface area (Å²) in [6.45, 7) is 1.90. The summed E-state index contributed by atoms with van der Waals surface area (Å²) in [6.07, 6.45) is 0. The van der Waals surface area contributed by atoms with Crippen molar-refractivity contribution in [2.45, 2.75) is 6.92 Å². The lowest BCUT2D eigenvalue weighted by Crippen LogP contribution is -2.14. The van der Waals surface area contributed by atoms with E-state index in [9.17, 15) is 9.59 Å². The van der Waals surface area contributed by atoms with Crippen LogP contribution < -0.4 is 5.63 Å². The van der Waals surface area contributed by atoms with Gasteiger partial charge in [-0.05, 0) is 25.1 Å². The quantitative estimate of drug-likeness (QED) is 0.527. The number of benzene rings is 2. The van der Waals surface area contributed by atoms with Gasteiger partial charge in [0.25, 0.3) is 0 Å². The Bertz CT molecular complexity index is 859. The Kier molecular flexibility index (Phi) is 2.95. The molecule has 1 aromatic heterocycles. The first-order valence-corrected chi connectivity index (χ1v) is 6.29. The lowest BCUT2D eigenvalue weighted by Gasteiger charge is -2.03. The minimum atomic E-state index is -0.602. The molecule has 0 unspecified atom stereocenters. The number of fused-ring (bicyclic) bond motifs is 1. The Morgan fingerprint density at radius 2 is 1.80 bits per heavy atom. The lowest BCUT2D eigenvalue weighted by molar-refractivity contribution is 0.103. The van der Waals surface area contributed by atoms with Gasteiger partial charge in [0.15, 0.2) is 5.78 Å². The zero-order valence-corrected chi connectivity index (χ0v) is 10.9. The van der Waals surface area contributed by atoms with Gasteiger partial charge in [0.2, 0.25) is 0 Å². The summed E-state index contributed by atoms with van der Waals surface area (Å²) in [6, 6.07) is 15.9. The molecule has 0 fully saturated rings. The summed E-state index contributed by atoms with van der Waals surface area (Å²) < 4.78 is 5.19. The SMILES string of the molecule is Cc1cccc(C(=O)c2cc3ccccc3oc2=O)c1. The van der Waals surface area contributed by atoms with Crippen LogP contribution in [0.4, 0.5) is 0 Å². The molecule has 0 amide bonds. The van der Waals surface area contributed by atoms with Gasteiger partial charge in [-0.2, -0.15) is 0 Å². The van der Waals surface area contributed by atoms with Gasteiger partial charge in [0.05, 0.1) is 0 Å². The highest BCUT2D eigenvalue weighted by atomic mass is 16.4. The predicted octanol–water partition coefficient (Wildman–Crippen LogP) is 3.33. The Morgan fingerprint density at radius 3 is 2.60 bits per heavy atom. The molecular weight excluding hydrogens is 252 g/mol. The van der Waals surface area contributed by atoms with Gasteiger partial charge in [-0.25, -0.2) is 4.79 Å². The van der Waals surface area contributed by atoms with Gasteiger partial charge in [-0.3, -0.25) is 4.79 Å². The van der Waals surface area contributed by atoms with Crippen molar-refractivity contribution >= 4 is 16.8 Å². The van der Waals surface area contributed by atoms with Crippen molar-refractivity contribution in [1.82, 2.24) is 0 Å². The van der Waals surface area contributed by atoms with Crippen molar-refractivity contribution in [1.29, 1.82) is 0 Å². The molecule has 1 heterocycles. The molecule has 0 atom stereocenters. The van der Waals surface area contributed by atoms with Crippen LogP contribution in [0.2, 0.25) is 0 Å². The van der Waals surface area contributed by atoms with Gasteiger partial charge in [0.1, 0.15) is 11.1 Å². The zero-order chi connectivity index (χ0) is 14.1. The highest BCUT2D eigenvalue weighted by molar-refractivity contribution is 6.09. The highest BCUT2D eigenvalue weighted by Gasteiger charge is 2.15. The Morgan fingerprint density at radius 1 is 1.00 bits per heavy atom. The van der Waals surface area contributed by atoms with Crippen molar-refractivity contribution in [2.24, 2.45) is 0 Å². The third kappa shape index (κ3) is 2.14. The average molecular weight is 264 g/mol. The van der Waals surface area contributed by atoms with E-state index in [4.69, 9.17) is 4.42 Å². The summed E-state index contributed by atoms with van der Waals surface area (Å²) in [5.41, 5.74) is 1.41. The fourth-order valence-electron chi connectivity index (χ4n) is 2.16. The molecule has 0 aliphatic carbocycles. The predicted molar refractivity (Wildman–Crippen MR) is 77.1 cm³/mol. The number of hydrogen-bond acceptors (Lipinski definition) is 3. The van der Waals surface area contributed by atoms with Crippen molar-refractivity contribution < 1.29 is 9.21 Å².